The number of hydrogen-bond donors (Lipinski definition) is 1. The number of aliphatic imine (C=N–C) groups is 1. The SMILES string of the molecule is C=CCc1cc(C=Nc2ccc(I)cc2)cc(OC)c1OCC(=O)O. The molecule has 0 aliphatic carbocycles. The van der Waals surface area contributed by atoms with Crippen molar-refractivity contribution in [2.24, 2.45) is 4.99 Å². The van der Waals surface area contributed by atoms with Crippen molar-refractivity contribution >= 4 is 40.5 Å². The molecule has 0 unspecified atom stereocenters. The van der Waals surface area contributed by atoms with E-state index in [4.69, 9.17) is 14.6 Å². The minimum absolute atomic E-state index is 0.413. The molecule has 0 saturated heterocycles. The van der Waals surface area contributed by atoms with Crippen LogP contribution in [0.3, 0.4) is 0 Å². The zero-order valence-corrected chi connectivity index (χ0v) is 15.9. The number of allylic oxidation sites excluding steroid dienone is 1. The van der Waals surface area contributed by atoms with E-state index in [1.165, 1.54) is 7.11 Å². The van der Waals surface area contributed by atoms with E-state index < -0.39 is 12.6 Å². The van der Waals surface area contributed by atoms with Crippen LogP contribution in [0.15, 0.2) is 54.0 Å². The van der Waals surface area contributed by atoms with E-state index in [-0.39, 0.29) is 0 Å². The second-order valence-corrected chi connectivity index (χ2v) is 6.37. The molecule has 1 N–H and O–H groups in total. The standard InChI is InChI=1S/C19H18INO4/c1-3-4-14-9-13(11-21-16-7-5-15(20)6-8-16)10-17(24-2)19(14)25-12-18(22)23/h3,5-11H,1,4,12H2,2H3,(H,22,23). The second-order valence-electron chi connectivity index (χ2n) is 5.12. The Morgan fingerprint density at radius 2 is 2.04 bits per heavy atom. The first-order valence-corrected chi connectivity index (χ1v) is 8.57. The lowest BCUT2D eigenvalue weighted by Gasteiger charge is -2.14. The van der Waals surface area contributed by atoms with E-state index in [0.29, 0.717) is 17.9 Å². The smallest absolute Gasteiger partial charge is 0.341 e. The van der Waals surface area contributed by atoms with Crippen LogP contribution in [0.5, 0.6) is 11.5 Å². The molecule has 2 rings (SSSR count). The molecule has 6 heteroatoms. The fraction of sp³-hybridized carbons (Fsp3) is 0.158. The molecule has 2 aromatic rings. The Bertz CT molecular complexity index is 785. The molecule has 0 aliphatic rings. The number of rotatable bonds is 8. The third-order valence-electron chi connectivity index (χ3n) is 3.27. The normalized spacial score (nSPS) is 10.6. The van der Waals surface area contributed by atoms with Gasteiger partial charge in [0.1, 0.15) is 0 Å². The highest BCUT2D eigenvalue weighted by Crippen LogP contribution is 2.33. The highest BCUT2D eigenvalue weighted by molar-refractivity contribution is 14.1. The van der Waals surface area contributed by atoms with Gasteiger partial charge >= 0.3 is 5.97 Å². The van der Waals surface area contributed by atoms with E-state index in [9.17, 15) is 4.79 Å². The third-order valence-corrected chi connectivity index (χ3v) is 3.99. The highest BCUT2D eigenvalue weighted by Gasteiger charge is 2.13. The van der Waals surface area contributed by atoms with Gasteiger partial charge in [-0.15, -0.1) is 6.58 Å². The van der Waals surface area contributed by atoms with E-state index in [2.05, 4.69) is 34.2 Å². The Kier molecular flexibility index (Phi) is 7.00. The maximum Gasteiger partial charge on any atom is 0.341 e. The zero-order valence-electron chi connectivity index (χ0n) is 13.7. The van der Waals surface area contributed by atoms with Crippen molar-refractivity contribution in [3.8, 4) is 11.5 Å². The molecule has 0 amide bonds. The zero-order chi connectivity index (χ0) is 18.2. The second kappa shape index (κ2) is 9.22. The van der Waals surface area contributed by atoms with Gasteiger partial charge in [0.25, 0.3) is 0 Å². The first kappa shape index (κ1) is 19.0. The van der Waals surface area contributed by atoms with Crippen molar-refractivity contribution in [2.45, 2.75) is 6.42 Å². The lowest BCUT2D eigenvalue weighted by molar-refractivity contribution is -0.139. The summed E-state index contributed by atoms with van der Waals surface area (Å²) < 4.78 is 11.9. The summed E-state index contributed by atoms with van der Waals surface area (Å²) >= 11 is 2.24. The molecule has 5 nitrogen and oxygen atoms in total. The van der Waals surface area contributed by atoms with Gasteiger partial charge in [0.15, 0.2) is 18.1 Å². The predicted octanol–water partition coefficient (Wildman–Crippen LogP) is 4.24. The van der Waals surface area contributed by atoms with Crippen LogP contribution in [0.25, 0.3) is 0 Å². The number of halogens is 1. The number of carboxylic acid groups (broad SMARTS) is 1. The Hall–Kier alpha value is -2.35. The molecule has 0 spiro atoms. The Labute approximate surface area is 160 Å². The molecule has 0 heterocycles. The molecule has 0 atom stereocenters. The molecule has 0 radical (unpaired) electrons. The van der Waals surface area contributed by atoms with Gasteiger partial charge in [0.2, 0.25) is 0 Å². The summed E-state index contributed by atoms with van der Waals surface area (Å²) in [7, 11) is 1.51. The lowest BCUT2D eigenvalue weighted by Crippen LogP contribution is -2.11. The number of methoxy groups -OCH3 is 1. The minimum atomic E-state index is -1.05. The van der Waals surface area contributed by atoms with E-state index in [0.717, 1.165) is 20.4 Å². The van der Waals surface area contributed by atoms with Crippen LogP contribution in [-0.4, -0.2) is 31.0 Å². The van der Waals surface area contributed by atoms with Crippen LogP contribution in [0.4, 0.5) is 5.69 Å². The number of carbonyl (C=O) groups is 1. The van der Waals surface area contributed by atoms with Crippen LogP contribution >= 0.6 is 22.6 Å². The number of aliphatic carboxylic acids is 1. The maximum atomic E-state index is 10.8. The van der Waals surface area contributed by atoms with Crippen LogP contribution in [-0.2, 0) is 11.2 Å². The summed E-state index contributed by atoms with van der Waals surface area (Å²) in [4.78, 5) is 15.2. The quantitative estimate of drug-likeness (QED) is 0.371. The van der Waals surface area contributed by atoms with Crippen LogP contribution in [0.1, 0.15) is 11.1 Å². The summed E-state index contributed by atoms with van der Waals surface area (Å²) in [5.74, 6) is -0.170. The van der Waals surface area contributed by atoms with Crippen molar-refractivity contribution in [1.29, 1.82) is 0 Å². The van der Waals surface area contributed by atoms with Crippen molar-refractivity contribution < 1.29 is 19.4 Å². The topological polar surface area (TPSA) is 68.1 Å². The summed E-state index contributed by atoms with van der Waals surface area (Å²) in [6, 6.07) is 11.5. The molecule has 0 bridgehead atoms. The number of hydrogen-bond acceptors (Lipinski definition) is 4. The first-order valence-electron chi connectivity index (χ1n) is 7.49. The van der Waals surface area contributed by atoms with E-state index in [1.807, 2.05) is 30.3 Å². The van der Waals surface area contributed by atoms with Gasteiger partial charge in [-0.2, -0.15) is 0 Å². The average molecular weight is 451 g/mol. The molecular weight excluding hydrogens is 433 g/mol. The molecule has 0 fully saturated rings. The lowest BCUT2D eigenvalue weighted by atomic mass is 10.1. The first-order chi connectivity index (χ1) is 12.0. The van der Waals surface area contributed by atoms with Gasteiger partial charge in [-0.1, -0.05) is 6.08 Å². The van der Waals surface area contributed by atoms with Gasteiger partial charge in [0, 0.05) is 15.3 Å². The predicted molar refractivity (Wildman–Crippen MR) is 106 cm³/mol. The summed E-state index contributed by atoms with van der Waals surface area (Å²) in [6.45, 7) is 3.30. The summed E-state index contributed by atoms with van der Waals surface area (Å²) in [5.41, 5.74) is 2.46. The Morgan fingerprint density at radius 3 is 2.64 bits per heavy atom. The number of nitrogens with zero attached hydrogens (tertiary/aromatic N) is 1. The van der Waals surface area contributed by atoms with Crippen LogP contribution < -0.4 is 9.47 Å². The van der Waals surface area contributed by atoms with Gasteiger partial charge in [-0.3, -0.25) is 4.99 Å². The van der Waals surface area contributed by atoms with Crippen molar-refractivity contribution in [3.63, 3.8) is 0 Å². The van der Waals surface area contributed by atoms with E-state index in [1.54, 1.807) is 18.4 Å². The number of ether oxygens (including phenoxy) is 2. The average Bonchev–Trinajstić information content (AvgIpc) is 2.60. The van der Waals surface area contributed by atoms with E-state index >= 15 is 0 Å². The van der Waals surface area contributed by atoms with Crippen LogP contribution in [0.2, 0.25) is 0 Å². The van der Waals surface area contributed by atoms with Crippen molar-refractivity contribution in [1.82, 2.24) is 0 Å². The fourth-order valence-corrected chi connectivity index (χ4v) is 2.55. The molecule has 0 aliphatic heterocycles. The molecule has 0 aromatic heterocycles. The van der Waals surface area contributed by atoms with Crippen molar-refractivity contribution in [2.75, 3.05) is 13.7 Å². The monoisotopic (exact) mass is 451 g/mol. The number of carboxylic acids is 1. The largest absolute Gasteiger partial charge is 0.493 e. The van der Waals surface area contributed by atoms with Gasteiger partial charge < -0.3 is 14.6 Å². The van der Waals surface area contributed by atoms with Crippen molar-refractivity contribution in [3.05, 3.63) is 63.8 Å². The number of benzene rings is 2. The molecule has 2 aromatic carbocycles. The molecule has 0 saturated carbocycles. The minimum Gasteiger partial charge on any atom is -0.493 e. The third kappa shape index (κ3) is 5.60. The maximum absolute atomic E-state index is 10.8. The van der Waals surface area contributed by atoms with Gasteiger partial charge in [0.05, 0.1) is 12.8 Å². The van der Waals surface area contributed by atoms with Gasteiger partial charge in [-0.05, 0) is 71.0 Å². The Balaban J connectivity index is 2.35. The summed E-state index contributed by atoms with van der Waals surface area (Å²) in [5, 5.41) is 8.84. The van der Waals surface area contributed by atoms with Gasteiger partial charge in [-0.25, -0.2) is 4.79 Å². The van der Waals surface area contributed by atoms with Crippen LogP contribution in [0, 0.1) is 3.57 Å². The molecule has 25 heavy (non-hydrogen) atoms. The Morgan fingerprint density at radius 1 is 1.32 bits per heavy atom. The summed E-state index contributed by atoms with van der Waals surface area (Å²) in [6.07, 6.45) is 3.98. The molecular formula is C19H18INO4. The fourth-order valence-electron chi connectivity index (χ4n) is 2.19. The molecule has 130 valence electrons. The highest BCUT2D eigenvalue weighted by atomic mass is 127.